The third kappa shape index (κ3) is 2.74. The molecule has 1 heterocycles. The van der Waals surface area contributed by atoms with Gasteiger partial charge in [0.1, 0.15) is 0 Å². The summed E-state index contributed by atoms with van der Waals surface area (Å²) in [5, 5.41) is 11.1. The van der Waals surface area contributed by atoms with E-state index in [1.807, 2.05) is 44.2 Å². The Balaban J connectivity index is 2.13. The van der Waals surface area contributed by atoms with E-state index in [1.54, 1.807) is 0 Å². The van der Waals surface area contributed by atoms with Gasteiger partial charge in [0.2, 0.25) is 0 Å². The van der Waals surface area contributed by atoms with Gasteiger partial charge in [-0.05, 0) is 25.5 Å². The predicted octanol–water partition coefficient (Wildman–Crippen LogP) is 1.80. The maximum atomic E-state index is 11.8. The van der Waals surface area contributed by atoms with Crippen molar-refractivity contribution in [1.82, 2.24) is 20.3 Å². The van der Waals surface area contributed by atoms with Crippen molar-refractivity contribution < 1.29 is 4.79 Å². The Bertz CT molecular complexity index is 521. The molecule has 0 saturated heterocycles. The number of amides is 1. The minimum atomic E-state index is -0.188. The average Bonchev–Trinajstić information content (AvgIpc) is 2.89. The maximum absolute atomic E-state index is 11.8. The molecule has 5 nitrogen and oxygen atoms in total. The maximum Gasteiger partial charge on any atom is 0.273 e. The number of nitrogens with one attached hydrogen (secondary N) is 1. The van der Waals surface area contributed by atoms with Crippen molar-refractivity contribution in [3.63, 3.8) is 0 Å². The van der Waals surface area contributed by atoms with Gasteiger partial charge >= 0.3 is 0 Å². The lowest BCUT2D eigenvalue weighted by molar-refractivity contribution is 0.0934. The molecule has 1 aromatic carbocycles. The van der Waals surface area contributed by atoms with E-state index < -0.39 is 0 Å². The van der Waals surface area contributed by atoms with Crippen LogP contribution in [-0.2, 0) is 0 Å². The van der Waals surface area contributed by atoms with Gasteiger partial charge in [-0.15, -0.1) is 5.10 Å². The van der Waals surface area contributed by atoms with Crippen molar-refractivity contribution in [1.29, 1.82) is 0 Å². The number of rotatable bonds is 4. The van der Waals surface area contributed by atoms with E-state index in [9.17, 15) is 4.79 Å². The highest BCUT2D eigenvalue weighted by atomic mass is 16.2. The van der Waals surface area contributed by atoms with Crippen LogP contribution >= 0.6 is 0 Å². The fourth-order valence-corrected chi connectivity index (χ4v) is 1.45. The highest BCUT2D eigenvalue weighted by Gasteiger charge is 2.12. The van der Waals surface area contributed by atoms with Crippen LogP contribution in [0.15, 0.2) is 36.5 Å². The highest BCUT2D eigenvalue weighted by Crippen LogP contribution is 2.04. The van der Waals surface area contributed by atoms with Crippen molar-refractivity contribution in [2.75, 3.05) is 0 Å². The first-order valence-electron chi connectivity index (χ1n) is 5.99. The summed E-state index contributed by atoms with van der Waals surface area (Å²) in [5.74, 6) is -0.188. The quantitative estimate of drug-likeness (QED) is 0.892. The van der Waals surface area contributed by atoms with E-state index in [4.69, 9.17) is 0 Å². The number of hydrogen-bond acceptors (Lipinski definition) is 3. The largest absolute Gasteiger partial charge is 0.348 e. The van der Waals surface area contributed by atoms with Crippen LogP contribution in [-0.4, -0.2) is 26.9 Å². The molecule has 0 radical (unpaired) electrons. The Labute approximate surface area is 106 Å². The zero-order valence-corrected chi connectivity index (χ0v) is 10.5. The van der Waals surface area contributed by atoms with Gasteiger partial charge in [0.05, 0.1) is 11.9 Å². The molecule has 2 aromatic rings. The molecule has 0 saturated carbocycles. The van der Waals surface area contributed by atoms with Gasteiger partial charge in [-0.3, -0.25) is 4.79 Å². The van der Waals surface area contributed by atoms with Gasteiger partial charge in [0.25, 0.3) is 5.91 Å². The number of carbonyl (C=O) groups excluding carboxylic acids is 1. The lowest BCUT2D eigenvalue weighted by Crippen LogP contribution is -2.32. The molecular weight excluding hydrogens is 228 g/mol. The monoisotopic (exact) mass is 244 g/mol. The summed E-state index contributed by atoms with van der Waals surface area (Å²) in [6.07, 6.45) is 2.36. The molecule has 0 fully saturated rings. The van der Waals surface area contributed by atoms with Crippen LogP contribution in [0.2, 0.25) is 0 Å². The second-order valence-corrected chi connectivity index (χ2v) is 4.14. The van der Waals surface area contributed by atoms with Crippen molar-refractivity contribution in [3.8, 4) is 5.69 Å². The second kappa shape index (κ2) is 5.44. The molecule has 0 aliphatic heterocycles. The standard InChI is InChI=1S/C13H16N4O/c1-3-10(2)15-13(18)12-9-14-17(16-12)11-7-5-4-6-8-11/h4-10H,3H2,1-2H3,(H,15,18)/t10-/m0/s1. The fraction of sp³-hybridized carbons (Fsp3) is 0.308. The second-order valence-electron chi connectivity index (χ2n) is 4.14. The van der Waals surface area contributed by atoms with Gasteiger partial charge in [0.15, 0.2) is 5.69 Å². The van der Waals surface area contributed by atoms with Crippen molar-refractivity contribution >= 4 is 5.91 Å². The third-order valence-corrected chi connectivity index (χ3v) is 2.70. The van der Waals surface area contributed by atoms with Crippen LogP contribution in [0.25, 0.3) is 5.69 Å². The zero-order valence-electron chi connectivity index (χ0n) is 10.5. The Morgan fingerprint density at radius 3 is 2.78 bits per heavy atom. The minimum Gasteiger partial charge on any atom is -0.348 e. The first kappa shape index (κ1) is 12.3. The van der Waals surface area contributed by atoms with Crippen LogP contribution in [0, 0.1) is 0 Å². The van der Waals surface area contributed by atoms with E-state index in [0.29, 0.717) is 5.69 Å². The van der Waals surface area contributed by atoms with E-state index in [0.717, 1.165) is 12.1 Å². The number of hydrogen-bond donors (Lipinski definition) is 1. The smallest absolute Gasteiger partial charge is 0.273 e. The number of benzene rings is 1. The lowest BCUT2D eigenvalue weighted by atomic mass is 10.2. The predicted molar refractivity (Wildman–Crippen MR) is 68.6 cm³/mol. The van der Waals surface area contributed by atoms with Gasteiger partial charge in [-0.2, -0.15) is 9.90 Å². The van der Waals surface area contributed by atoms with E-state index in [2.05, 4.69) is 15.5 Å². The summed E-state index contributed by atoms with van der Waals surface area (Å²) in [4.78, 5) is 13.3. The first-order valence-corrected chi connectivity index (χ1v) is 5.99. The Kier molecular flexibility index (Phi) is 3.72. The van der Waals surface area contributed by atoms with E-state index in [-0.39, 0.29) is 11.9 Å². The van der Waals surface area contributed by atoms with Crippen LogP contribution in [0.3, 0.4) is 0 Å². The third-order valence-electron chi connectivity index (χ3n) is 2.70. The van der Waals surface area contributed by atoms with Gasteiger partial charge in [-0.25, -0.2) is 0 Å². The number of nitrogens with zero attached hydrogens (tertiary/aromatic N) is 3. The Morgan fingerprint density at radius 1 is 1.39 bits per heavy atom. The number of para-hydroxylation sites is 1. The van der Waals surface area contributed by atoms with Gasteiger partial charge in [0, 0.05) is 6.04 Å². The zero-order chi connectivity index (χ0) is 13.0. The molecular formula is C13H16N4O. The minimum absolute atomic E-state index is 0.138. The summed E-state index contributed by atoms with van der Waals surface area (Å²) >= 11 is 0. The SMILES string of the molecule is CC[C@H](C)NC(=O)c1cnn(-c2ccccc2)n1. The van der Waals surface area contributed by atoms with E-state index in [1.165, 1.54) is 11.0 Å². The van der Waals surface area contributed by atoms with Gasteiger partial charge < -0.3 is 5.32 Å². The summed E-state index contributed by atoms with van der Waals surface area (Å²) < 4.78 is 0. The van der Waals surface area contributed by atoms with Crippen LogP contribution < -0.4 is 5.32 Å². The number of carbonyl (C=O) groups is 1. The molecule has 0 bridgehead atoms. The van der Waals surface area contributed by atoms with Crippen LogP contribution in [0.4, 0.5) is 0 Å². The molecule has 94 valence electrons. The molecule has 1 aromatic heterocycles. The Morgan fingerprint density at radius 2 is 2.11 bits per heavy atom. The molecule has 0 spiro atoms. The molecule has 1 atom stereocenters. The van der Waals surface area contributed by atoms with Crippen molar-refractivity contribution in [2.24, 2.45) is 0 Å². The molecule has 2 rings (SSSR count). The molecule has 0 unspecified atom stereocenters. The summed E-state index contributed by atoms with van der Waals surface area (Å²) in [6.45, 7) is 3.98. The molecule has 1 N–H and O–H groups in total. The normalized spacial score (nSPS) is 12.1. The fourth-order valence-electron chi connectivity index (χ4n) is 1.45. The summed E-state index contributed by atoms with van der Waals surface area (Å²) in [7, 11) is 0. The Hall–Kier alpha value is -2.17. The topological polar surface area (TPSA) is 59.8 Å². The van der Waals surface area contributed by atoms with Crippen LogP contribution in [0.1, 0.15) is 30.8 Å². The van der Waals surface area contributed by atoms with Crippen molar-refractivity contribution in [2.45, 2.75) is 26.3 Å². The molecule has 18 heavy (non-hydrogen) atoms. The molecule has 0 aliphatic carbocycles. The lowest BCUT2D eigenvalue weighted by Gasteiger charge is -2.08. The van der Waals surface area contributed by atoms with Crippen molar-refractivity contribution in [3.05, 3.63) is 42.2 Å². The average molecular weight is 244 g/mol. The number of aromatic nitrogens is 3. The highest BCUT2D eigenvalue weighted by molar-refractivity contribution is 5.92. The van der Waals surface area contributed by atoms with E-state index >= 15 is 0 Å². The van der Waals surface area contributed by atoms with Gasteiger partial charge in [-0.1, -0.05) is 25.1 Å². The molecule has 5 heteroatoms. The molecule has 0 aliphatic rings. The first-order chi connectivity index (χ1) is 8.70. The summed E-state index contributed by atoms with van der Waals surface area (Å²) in [6, 6.07) is 9.63. The van der Waals surface area contributed by atoms with Crippen LogP contribution in [0.5, 0.6) is 0 Å². The molecule has 1 amide bonds. The summed E-state index contributed by atoms with van der Waals surface area (Å²) in [5.41, 5.74) is 1.17.